The molecule has 0 saturated carbocycles. The zero-order valence-corrected chi connectivity index (χ0v) is 9.83. The van der Waals surface area contributed by atoms with Crippen molar-refractivity contribution in [3.63, 3.8) is 0 Å². The number of hydrogen-bond acceptors (Lipinski definition) is 2. The average Bonchev–Trinajstić information content (AvgIpc) is 2.17. The van der Waals surface area contributed by atoms with Gasteiger partial charge in [-0.05, 0) is 17.7 Å². The smallest absolute Gasteiger partial charge is 0.118 e. The minimum absolute atomic E-state index is 0.695. The van der Waals surface area contributed by atoms with Gasteiger partial charge < -0.3 is 4.74 Å². The lowest BCUT2D eigenvalue weighted by Gasteiger charge is -2.35. The molecule has 1 aromatic rings. The molecule has 76 valence electrons. The van der Waals surface area contributed by atoms with E-state index in [0.717, 1.165) is 25.4 Å². The normalized spacial score (nSPS) is 17.9. The molecule has 0 spiro atoms. The van der Waals surface area contributed by atoms with Gasteiger partial charge in [-0.3, -0.25) is 4.90 Å². The van der Waals surface area contributed by atoms with Crippen molar-refractivity contribution >= 4 is 15.9 Å². The third-order valence-corrected chi connectivity index (χ3v) is 3.06. The van der Waals surface area contributed by atoms with E-state index in [2.05, 4.69) is 33.0 Å². The molecular weight excluding hydrogens is 242 g/mol. The number of rotatable bonds is 3. The van der Waals surface area contributed by atoms with E-state index in [4.69, 9.17) is 4.74 Å². The standard InChI is InChI=1S/C11H14BrNO/c1-14-11-4-2-9(3-5-11)6-13-7-10(12)8-13/h2-5,10H,6-8H2,1H3. The Morgan fingerprint density at radius 3 is 2.50 bits per heavy atom. The Kier molecular flexibility index (Phi) is 3.08. The van der Waals surface area contributed by atoms with Crippen molar-refractivity contribution in [1.82, 2.24) is 4.90 Å². The second-order valence-electron chi connectivity index (χ2n) is 3.64. The van der Waals surface area contributed by atoms with E-state index in [0.29, 0.717) is 4.83 Å². The lowest BCUT2D eigenvalue weighted by molar-refractivity contribution is 0.184. The lowest BCUT2D eigenvalue weighted by atomic mass is 10.1. The van der Waals surface area contributed by atoms with Crippen molar-refractivity contribution in [2.24, 2.45) is 0 Å². The Morgan fingerprint density at radius 1 is 1.36 bits per heavy atom. The number of methoxy groups -OCH3 is 1. The van der Waals surface area contributed by atoms with Gasteiger partial charge in [0.2, 0.25) is 0 Å². The van der Waals surface area contributed by atoms with Crippen molar-refractivity contribution in [2.45, 2.75) is 11.4 Å². The first-order chi connectivity index (χ1) is 6.78. The maximum atomic E-state index is 5.11. The Hall–Kier alpha value is -0.540. The molecule has 1 heterocycles. The minimum Gasteiger partial charge on any atom is -0.497 e. The van der Waals surface area contributed by atoms with Crippen LogP contribution in [-0.4, -0.2) is 29.9 Å². The van der Waals surface area contributed by atoms with Crippen molar-refractivity contribution in [3.8, 4) is 5.75 Å². The van der Waals surface area contributed by atoms with Crippen LogP contribution in [0.15, 0.2) is 24.3 Å². The quantitative estimate of drug-likeness (QED) is 0.769. The van der Waals surface area contributed by atoms with Crippen LogP contribution < -0.4 is 4.74 Å². The summed E-state index contributed by atoms with van der Waals surface area (Å²) in [5, 5.41) is 0. The molecule has 0 aliphatic carbocycles. The predicted octanol–water partition coefficient (Wildman–Crippen LogP) is 2.27. The first-order valence-electron chi connectivity index (χ1n) is 4.77. The first kappa shape index (κ1) is 9.99. The maximum absolute atomic E-state index is 5.11. The fourth-order valence-electron chi connectivity index (χ4n) is 1.63. The van der Waals surface area contributed by atoms with E-state index in [1.807, 2.05) is 12.1 Å². The number of nitrogens with zero attached hydrogens (tertiary/aromatic N) is 1. The molecule has 1 saturated heterocycles. The number of alkyl halides is 1. The highest BCUT2D eigenvalue weighted by Gasteiger charge is 2.23. The fourth-order valence-corrected chi connectivity index (χ4v) is 2.44. The number of hydrogen-bond donors (Lipinski definition) is 0. The summed E-state index contributed by atoms with van der Waals surface area (Å²) in [5.41, 5.74) is 1.35. The van der Waals surface area contributed by atoms with Crippen LogP contribution in [-0.2, 0) is 6.54 Å². The molecule has 1 aliphatic rings. The van der Waals surface area contributed by atoms with Crippen molar-refractivity contribution in [1.29, 1.82) is 0 Å². The highest BCUT2D eigenvalue weighted by molar-refractivity contribution is 9.09. The van der Waals surface area contributed by atoms with Crippen molar-refractivity contribution < 1.29 is 4.74 Å². The van der Waals surface area contributed by atoms with Gasteiger partial charge in [-0.15, -0.1) is 0 Å². The highest BCUT2D eigenvalue weighted by Crippen LogP contribution is 2.19. The SMILES string of the molecule is COc1ccc(CN2CC(Br)C2)cc1. The number of benzene rings is 1. The topological polar surface area (TPSA) is 12.5 Å². The van der Waals surface area contributed by atoms with Crippen LogP contribution in [0.5, 0.6) is 5.75 Å². The number of halogens is 1. The molecule has 3 heteroatoms. The first-order valence-corrected chi connectivity index (χ1v) is 5.69. The van der Waals surface area contributed by atoms with Gasteiger partial charge in [-0.2, -0.15) is 0 Å². The molecule has 0 aromatic heterocycles. The second-order valence-corrected chi connectivity index (χ2v) is 4.93. The zero-order chi connectivity index (χ0) is 9.97. The van der Waals surface area contributed by atoms with E-state index < -0.39 is 0 Å². The largest absolute Gasteiger partial charge is 0.497 e. The van der Waals surface area contributed by atoms with Crippen LogP contribution in [0, 0.1) is 0 Å². The van der Waals surface area contributed by atoms with E-state index >= 15 is 0 Å². The Morgan fingerprint density at radius 2 is 2.00 bits per heavy atom. The fraction of sp³-hybridized carbons (Fsp3) is 0.455. The highest BCUT2D eigenvalue weighted by atomic mass is 79.9. The minimum atomic E-state index is 0.695. The van der Waals surface area contributed by atoms with E-state index in [1.54, 1.807) is 7.11 Å². The molecule has 1 aliphatic heterocycles. The zero-order valence-electron chi connectivity index (χ0n) is 8.24. The van der Waals surface area contributed by atoms with E-state index in [1.165, 1.54) is 5.56 Å². The van der Waals surface area contributed by atoms with Gasteiger partial charge in [0.15, 0.2) is 0 Å². The molecular formula is C11H14BrNO. The summed E-state index contributed by atoms with van der Waals surface area (Å²) < 4.78 is 5.11. The molecule has 1 aromatic carbocycles. The Bertz CT molecular complexity index is 293. The van der Waals surface area contributed by atoms with Gasteiger partial charge in [0, 0.05) is 24.5 Å². The summed E-state index contributed by atoms with van der Waals surface area (Å²) in [6, 6.07) is 8.28. The molecule has 2 nitrogen and oxygen atoms in total. The Labute approximate surface area is 93.0 Å². The third-order valence-electron chi connectivity index (χ3n) is 2.48. The van der Waals surface area contributed by atoms with Crippen LogP contribution in [0.25, 0.3) is 0 Å². The van der Waals surface area contributed by atoms with Crippen LogP contribution in [0.2, 0.25) is 0 Å². The lowest BCUT2D eigenvalue weighted by Crippen LogP contribution is -2.46. The molecule has 0 amide bonds. The Balaban J connectivity index is 1.90. The molecule has 1 fully saturated rings. The monoisotopic (exact) mass is 255 g/mol. The maximum Gasteiger partial charge on any atom is 0.118 e. The summed E-state index contributed by atoms with van der Waals surface area (Å²) in [6.45, 7) is 3.37. The summed E-state index contributed by atoms with van der Waals surface area (Å²) >= 11 is 3.58. The predicted molar refractivity (Wildman–Crippen MR) is 61.0 cm³/mol. The molecule has 0 atom stereocenters. The average molecular weight is 256 g/mol. The van der Waals surface area contributed by atoms with Gasteiger partial charge in [0.05, 0.1) is 7.11 Å². The molecule has 0 N–H and O–H groups in total. The molecule has 0 bridgehead atoms. The van der Waals surface area contributed by atoms with Crippen LogP contribution in [0.1, 0.15) is 5.56 Å². The summed E-state index contributed by atoms with van der Waals surface area (Å²) in [6.07, 6.45) is 0. The van der Waals surface area contributed by atoms with Crippen LogP contribution in [0.4, 0.5) is 0 Å². The third kappa shape index (κ3) is 2.28. The van der Waals surface area contributed by atoms with Crippen molar-refractivity contribution in [3.05, 3.63) is 29.8 Å². The number of ether oxygens (including phenoxy) is 1. The summed E-state index contributed by atoms with van der Waals surface area (Å²) in [5.74, 6) is 0.927. The van der Waals surface area contributed by atoms with Gasteiger partial charge in [-0.1, -0.05) is 28.1 Å². The van der Waals surface area contributed by atoms with Crippen molar-refractivity contribution in [2.75, 3.05) is 20.2 Å². The summed E-state index contributed by atoms with van der Waals surface area (Å²) in [4.78, 5) is 3.11. The van der Waals surface area contributed by atoms with Gasteiger partial charge in [0.1, 0.15) is 5.75 Å². The number of likely N-dealkylation sites (tertiary alicyclic amines) is 1. The van der Waals surface area contributed by atoms with Gasteiger partial charge in [0.25, 0.3) is 0 Å². The van der Waals surface area contributed by atoms with Gasteiger partial charge in [-0.25, -0.2) is 0 Å². The van der Waals surface area contributed by atoms with Gasteiger partial charge >= 0.3 is 0 Å². The second kappa shape index (κ2) is 4.32. The molecule has 0 unspecified atom stereocenters. The van der Waals surface area contributed by atoms with Crippen LogP contribution >= 0.6 is 15.9 Å². The summed E-state index contributed by atoms with van der Waals surface area (Å²) in [7, 11) is 1.69. The molecule has 0 radical (unpaired) electrons. The molecule has 14 heavy (non-hydrogen) atoms. The molecule has 2 rings (SSSR count). The van der Waals surface area contributed by atoms with E-state index in [-0.39, 0.29) is 0 Å². The van der Waals surface area contributed by atoms with E-state index in [9.17, 15) is 0 Å². The van der Waals surface area contributed by atoms with Crippen LogP contribution in [0.3, 0.4) is 0 Å².